The van der Waals surface area contributed by atoms with Crippen LogP contribution in [0.4, 0.5) is 13.2 Å². The normalized spacial score (nSPS) is 22.1. The molecule has 0 aliphatic carbocycles. The Labute approximate surface area is 113 Å². The highest BCUT2D eigenvalue weighted by molar-refractivity contribution is 5.95. The first-order valence-electron chi connectivity index (χ1n) is 5.98. The van der Waals surface area contributed by atoms with Gasteiger partial charge >= 0.3 is 0 Å². The molecule has 1 saturated heterocycles. The van der Waals surface area contributed by atoms with Gasteiger partial charge in [-0.25, -0.2) is 13.2 Å². The first kappa shape index (κ1) is 14.4. The Bertz CT molecular complexity index is 568. The zero-order chi connectivity index (χ0) is 15.1. The number of amides is 2. The van der Waals surface area contributed by atoms with Crippen molar-refractivity contribution in [3.05, 3.63) is 35.1 Å². The summed E-state index contributed by atoms with van der Waals surface area (Å²) in [5, 5.41) is 0. The van der Waals surface area contributed by atoms with Crippen LogP contribution in [0.1, 0.15) is 23.7 Å². The van der Waals surface area contributed by atoms with E-state index in [-0.39, 0.29) is 18.7 Å². The summed E-state index contributed by atoms with van der Waals surface area (Å²) in [6, 6.07) is 1.28. The van der Waals surface area contributed by atoms with Gasteiger partial charge in [-0.05, 0) is 25.5 Å². The Kier molecular flexibility index (Phi) is 3.45. The molecular formula is C13H13F3N2O2. The van der Waals surface area contributed by atoms with Gasteiger partial charge in [-0.15, -0.1) is 0 Å². The van der Waals surface area contributed by atoms with Crippen LogP contribution in [0.2, 0.25) is 0 Å². The fourth-order valence-electron chi connectivity index (χ4n) is 2.20. The Balaban J connectivity index is 2.24. The summed E-state index contributed by atoms with van der Waals surface area (Å²) in [5.74, 6) is -5.67. The predicted octanol–water partition coefficient (Wildman–Crippen LogP) is 1.44. The van der Waals surface area contributed by atoms with E-state index in [2.05, 4.69) is 0 Å². The van der Waals surface area contributed by atoms with E-state index in [1.165, 1.54) is 4.90 Å². The molecule has 7 heteroatoms. The fourth-order valence-corrected chi connectivity index (χ4v) is 2.20. The third-order valence-corrected chi connectivity index (χ3v) is 3.59. The molecule has 2 N–H and O–H groups in total. The number of carbonyl (C=O) groups excluding carboxylic acids is 2. The summed E-state index contributed by atoms with van der Waals surface area (Å²) in [7, 11) is 0. The third kappa shape index (κ3) is 2.35. The molecule has 2 amide bonds. The number of carbonyl (C=O) groups is 2. The van der Waals surface area contributed by atoms with Crippen molar-refractivity contribution in [2.24, 2.45) is 11.1 Å². The maximum atomic E-state index is 13.1. The van der Waals surface area contributed by atoms with Crippen LogP contribution in [0.25, 0.3) is 0 Å². The van der Waals surface area contributed by atoms with E-state index in [1.54, 1.807) is 6.92 Å². The lowest BCUT2D eigenvalue weighted by molar-refractivity contribution is -0.126. The molecule has 0 spiro atoms. The molecular weight excluding hydrogens is 273 g/mol. The predicted molar refractivity (Wildman–Crippen MR) is 64.1 cm³/mol. The van der Waals surface area contributed by atoms with E-state index in [0.717, 1.165) is 0 Å². The molecule has 0 radical (unpaired) electrons. The van der Waals surface area contributed by atoms with E-state index >= 15 is 0 Å². The maximum Gasteiger partial charge on any atom is 0.254 e. The molecule has 0 saturated carbocycles. The molecule has 1 aromatic rings. The highest BCUT2D eigenvalue weighted by atomic mass is 19.2. The molecule has 1 aliphatic heterocycles. The van der Waals surface area contributed by atoms with Crippen LogP contribution in [0.15, 0.2) is 12.1 Å². The standard InChI is InChI=1S/C13H13F3N2O2/c1-13(12(17)20)2-3-18(6-13)11(19)7-4-8(14)10(16)9(15)5-7/h4-5H,2-3,6H2,1H3,(H2,17,20). The second-order valence-corrected chi connectivity index (χ2v) is 5.16. The minimum absolute atomic E-state index is 0.0712. The van der Waals surface area contributed by atoms with Crippen LogP contribution in [-0.2, 0) is 4.79 Å². The van der Waals surface area contributed by atoms with Crippen LogP contribution < -0.4 is 5.73 Å². The van der Waals surface area contributed by atoms with Crippen LogP contribution in [0, 0.1) is 22.9 Å². The zero-order valence-electron chi connectivity index (χ0n) is 10.8. The number of nitrogens with two attached hydrogens (primary N) is 1. The van der Waals surface area contributed by atoms with Gasteiger partial charge in [0.25, 0.3) is 5.91 Å². The second-order valence-electron chi connectivity index (χ2n) is 5.16. The Hall–Kier alpha value is -2.05. The van der Waals surface area contributed by atoms with E-state index in [9.17, 15) is 22.8 Å². The number of rotatable bonds is 2. The fraction of sp³-hybridized carbons (Fsp3) is 0.385. The van der Waals surface area contributed by atoms with Gasteiger partial charge in [0.1, 0.15) is 0 Å². The summed E-state index contributed by atoms with van der Waals surface area (Å²) in [6.07, 6.45) is 0.375. The molecule has 1 heterocycles. The average Bonchev–Trinajstić information content (AvgIpc) is 2.78. The van der Waals surface area contributed by atoms with Crippen molar-refractivity contribution in [3.63, 3.8) is 0 Å². The highest BCUT2D eigenvalue weighted by Gasteiger charge is 2.41. The maximum absolute atomic E-state index is 13.1. The number of benzene rings is 1. The van der Waals surface area contributed by atoms with Gasteiger partial charge in [0.2, 0.25) is 5.91 Å². The molecule has 1 aliphatic rings. The van der Waals surface area contributed by atoms with Crippen LogP contribution >= 0.6 is 0 Å². The minimum atomic E-state index is -1.62. The molecule has 1 aromatic carbocycles. The molecule has 0 bridgehead atoms. The zero-order valence-corrected chi connectivity index (χ0v) is 10.8. The number of halogens is 3. The van der Waals surface area contributed by atoms with Crippen molar-refractivity contribution < 1.29 is 22.8 Å². The number of hydrogen-bond donors (Lipinski definition) is 1. The average molecular weight is 286 g/mol. The molecule has 2 rings (SSSR count). The first-order valence-corrected chi connectivity index (χ1v) is 5.98. The van der Waals surface area contributed by atoms with Gasteiger partial charge in [0, 0.05) is 18.7 Å². The van der Waals surface area contributed by atoms with E-state index in [0.29, 0.717) is 18.6 Å². The van der Waals surface area contributed by atoms with E-state index in [1.807, 2.05) is 0 Å². The third-order valence-electron chi connectivity index (χ3n) is 3.59. The molecule has 108 valence electrons. The minimum Gasteiger partial charge on any atom is -0.369 e. The van der Waals surface area contributed by atoms with E-state index in [4.69, 9.17) is 5.73 Å². The van der Waals surface area contributed by atoms with Gasteiger partial charge < -0.3 is 10.6 Å². The summed E-state index contributed by atoms with van der Waals surface area (Å²) >= 11 is 0. The lowest BCUT2D eigenvalue weighted by atomic mass is 9.89. The largest absolute Gasteiger partial charge is 0.369 e. The topological polar surface area (TPSA) is 63.4 Å². The summed E-state index contributed by atoms with van der Waals surface area (Å²) in [4.78, 5) is 24.7. The summed E-state index contributed by atoms with van der Waals surface area (Å²) in [6.45, 7) is 1.94. The van der Waals surface area contributed by atoms with Gasteiger partial charge in [-0.2, -0.15) is 0 Å². The van der Waals surface area contributed by atoms with Crippen molar-refractivity contribution in [1.82, 2.24) is 4.90 Å². The molecule has 1 atom stereocenters. The number of nitrogens with zero attached hydrogens (tertiary/aromatic N) is 1. The van der Waals surface area contributed by atoms with Gasteiger partial charge in [-0.3, -0.25) is 9.59 Å². The lowest BCUT2D eigenvalue weighted by Gasteiger charge is -2.21. The van der Waals surface area contributed by atoms with Crippen molar-refractivity contribution in [3.8, 4) is 0 Å². The molecule has 20 heavy (non-hydrogen) atoms. The first-order chi connectivity index (χ1) is 9.24. The SMILES string of the molecule is CC1(C(N)=O)CCN(C(=O)c2cc(F)c(F)c(F)c2)C1. The van der Waals surface area contributed by atoms with Crippen molar-refractivity contribution in [1.29, 1.82) is 0 Å². The van der Waals surface area contributed by atoms with Crippen LogP contribution in [0.5, 0.6) is 0 Å². The number of hydrogen-bond acceptors (Lipinski definition) is 2. The summed E-state index contributed by atoms with van der Waals surface area (Å²) in [5.41, 5.74) is 4.10. The smallest absolute Gasteiger partial charge is 0.254 e. The molecule has 1 unspecified atom stereocenters. The molecule has 0 aromatic heterocycles. The van der Waals surface area contributed by atoms with Crippen LogP contribution in [-0.4, -0.2) is 29.8 Å². The van der Waals surface area contributed by atoms with Gasteiger partial charge in [0.15, 0.2) is 17.5 Å². The Morgan fingerprint density at radius 1 is 1.25 bits per heavy atom. The van der Waals surface area contributed by atoms with Crippen molar-refractivity contribution in [2.75, 3.05) is 13.1 Å². The summed E-state index contributed by atoms with van der Waals surface area (Å²) < 4.78 is 39.1. The van der Waals surface area contributed by atoms with Crippen LogP contribution in [0.3, 0.4) is 0 Å². The molecule has 1 fully saturated rings. The Morgan fingerprint density at radius 3 is 2.25 bits per heavy atom. The highest BCUT2D eigenvalue weighted by Crippen LogP contribution is 2.30. The van der Waals surface area contributed by atoms with E-state index < -0.39 is 34.7 Å². The number of primary amides is 1. The van der Waals surface area contributed by atoms with Crippen molar-refractivity contribution >= 4 is 11.8 Å². The Morgan fingerprint density at radius 2 is 1.80 bits per heavy atom. The van der Waals surface area contributed by atoms with Gasteiger partial charge in [0.05, 0.1) is 5.41 Å². The number of likely N-dealkylation sites (tertiary alicyclic amines) is 1. The monoisotopic (exact) mass is 286 g/mol. The lowest BCUT2D eigenvalue weighted by Crippen LogP contribution is -2.38. The molecule has 4 nitrogen and oxygen atoms in total. The van der Waals surface area contributed by atoms with Crippen molar-refractivity contribution in [2.45, 2.75) is 13.3 Å². The van der Waals surface area contributed by atoms with Gasteiger partial charge in [-0.1, -0.05) is 0 Å². The second kappa shape index (κ2) is 4.81. The quantitative estimate of drug-likeness (QED) is 0.836.